The third-order valence-corrected chi connectivity index (χ3v) is 3.88. The predicted molar refractivity (Wildman–Crippen MR) is 83.1 cm³/mol. The van der Waals surface area contributed by atoms with Crippen LogP contribution in [0, 0.1) is 13.8 Å². The van der Waals surface area contributed by atoms with Gasteiger partial charge < -0.3 is 14.3 Å². The highest BCUT2D eigenvalue weighted by Crippen LogP contribution is 2.19. The average Bonchev–Trinajstić information content (AvgIpc) is 2.50. The molecule has 0 bridgehead atoms. The minimum absolute atomic E-state index is 0.113. The number of nitrogens with zero attached hydrogens (tertiary/aromatic N) is 3. The smallest absolute Gasteiger partial charge is 0.219 e. The van der Waals surface area contributed by atoms with Gasteiger partial charge in [-0.2, -0.15) is 0 Å². The molecule has 114 valence electrons. The van der Waals surface area contributed by atoms with Crippen LogP contribution in [0.15, 0.2) is 22.9 Å². The van der Waals surface area contributed by atoms with Gasteiger partial charge in [0.2, 0.25) is 5.91 Å². The van der Waals surface area contributed by atoms with Crippen LogP contribution in [0.25, 0.3) is 0 Å². The van der Waals surface area contributed by atoms with Crippen LogP contribution in [-0.4, -0.2) is 42.1 Å². The number of carbonyl (C=O) groups is 1. The molecule has 0 saturated carbocycles. The first kappa shape index (κ1) is 15.6. The van der Waals surface area contributed by atoms with Gasteiger partial charge in [-0.3, -0.25) is 4.79 Å². The fourth-order valence-corrected chi connectivity index (χ4v) is 2.48. The first-order valence-electron chi connectivity index (χ1n) is 6.94. The van der Waals surface area contributed by atoms with E-state index in [2.05, 4.69) is 10.1 Å². The number of hydrogen-bond donors (Lipinski definition) is 0. The zero-order chi connectivity index (χ0) is 15.4. The molecule has 2 rings (SSSR count). The van der Waals surface area contributed by atoms with E-state index in [4.69, 9.17) is 16.1 Å². The van der Waals surface area contributed by atoms with E-state index in [0.29, 0.717) is 18.1 Å². The molecule has 1 aromatic rings. The van der Waals surface area contributed by atoms with Crippen molar-refractivity contribution in [3.63, 3.8) is 0 Å². The van der Waals surface area contributed by atoms with Crippen molar-refractivity contribution in [1.29, 1.82) is 0 Å². The molecule has 1 saturated heterocycles. The molecule has 6 heteroatoms. The van der Waals surface area contributed by atoms with Crippen molar-refractivity contribution in [1.82, 2.24) is 10.1 Å². The van der Waals surface area contributed by atoms with Crippen LogP contribution in [0.1, 0.15) is 18.2 Å². The van der Waals surface area contributed by atoms with Gasteiger partial charge in [0.05, 0.1) is 11.4 Å². The molecule has 1 aliphatic heterocycles. The van der Waals surface area contributed by atoms with Gasteiger partial charge >= 0.3 is 0 Å². The van der Waals surface area contributed by atoms with Crippen molar-refractivity contribution in [2.45, 2.75) is 20.8 Å². The molecule has 1 aliphatic rings. The predicted octanol–water partition coefficient (Wildman–Crippen LogP) is 2.74. The van der Waals surface area contributed by atoms with Gasteiger partial charge in [-0.15, -0.1) is 0 Å². The second kappa shape index (κ2) is 6.80. The largest absolute Gasteiger partial charge is 0.365 e. The summed E-state index contributed by atoms with van der Waals surface area (Å²) in [5, 5.41) is 4.67. The third kappa shape index (κ3) is 4.11. The summed E-state index contributed by atoms with van der Waals surface area (Å²) in [5.41, 5.74) is 2.62. The maximum absolute atomic E-state index is 11.4. The van der Waals surface area contributed by atoms with Crippen LogP contribution in [0.5, 0.6) is 0 Å². The fraction of sp³-hybridized carbons (Fsp3) is 0.467. The number of amides is 1. The van der Waals surface area contributed by atoms with E-state index in [1.807, 2.05) is 30.9 Å². The van der Waals surface area contributed by atoms with E-state index in [1.165, 1.54) is 0 Å². The Balaban J connectivity index is 2.27. The van der Waals surface area contributed by atoms with Gasteiger partial charge in [0.1, 0.15) is 6.26 Å². The fourth-order valence-electron chi connectivity index (χ4n) is 2.21. The number of anilines is 1. The first-order valence-corrected chi connectivity index (χ1v) is 7.32. The summed E-state index contributed by atoms with van der Waals surface area (Å²) in [7, 11) is 0. The molecule has 0 N–H and O–H groups in total. The first-order chi connectivity index (χ1) is 9.97. The standard InChI is InChI=1S/C15H20ClN3O2/c1-11-8-14(16)9-15(10-21-17-12(11)2)19-6-4-18(5-7-19)13(3)20/h8-10H,4-7H2,1-3H3. The Morgan fingerprint density at radius 3 is 2.52 bits per heavy atom. The Labute approximate surface area is 129 Å². The number of halogens is 1. The Kier molecular flexibility index (Phi) is 5.07. The lowest BCUT2D eigenvalue weighted by molar-refractivity contribution is -0.129. The molecule has 0 spiro atoms. The summed E-state index contributed by atoms with van der Waals surface area (Å²) < 4.78 is 5.29. The topological polar surface area (TPSA) is 49.6 Å². The Morgan fingerprint density at radius 2 is 1.90 bits per heavy atom. The quantitative estimate of drug-likeness (QED) is 0.800. The molecule has 0 aromatic carbocycles. The van der Waals surface area contributed by atoms with E-state index in [0.717, 1.165) is 30.0 Å². The maximum atomic E-state index is 11.4. The molecule has 0 unspecified atom stereocenters. The third-order valence-electron chi connectivity index (χ3n) is 3.66. The van der Waals surface area contributed by atoms with Gasteiger partial charge in [0, 0.05) is 38.1 Å². The number of aryl methyl sites for hydroxylation is 2. The zero-order valence-corrected chi connectivity index (χ0v) is 13.4. The molecule has 0 radical (unpaired) electrons. The highest BCUT2D eigenvalue weighted by molar-refractivity contribution is 6.30. The van der Waals surface area contributed by atoms with Crippen LogP contribution < -0.4 is 4.90 Å². The molecule has 1 fully saturated rings. The van der Waals surface area contributed by atoms with E-state index >= 15 is 0 Å². The highest BCUT2D eigenvalue weighted by Gasteiger charge is 2.19. The van der Waals surface area contributed by atoms with E-state index < -0.39 is 0 Å². The van der Waals surface area contributed by atoms with Gasteiger partial charge in [0.15, 0.2) is 0 Å². The summed E-state index contributed by atoms with van der Waals surface area (Å²) in [6.07, 6.45) is 1.60. The Hall–Kier alpha value is -1.75. The van der Waals surface area contributed by atoms with Crippen molar-refractivity contribution < 1.29 is 9.32 Å². The van der Waals surface area contributed by atoms with Crippen LogP contribution >= 0.6 is 11.6 Å². The second-order valence-corrected chi connectivity index (χ2v) is 5.61. The van der Waals surface area contributed by atoms with Crippen molar-refractivity contribution in [2.24, 2.45) is 0 Å². The van der Waals surface area contributed by atoms with Crippen molar-refractivity contribution in [2.75, 3.05) is 31.1 Å². The lowest BCUT2D eigenvalue weighted by Gasteiger charge is -2.35. The molecular weight excluding hydrogens is 290 g/mol. The van der Waals surface area contributed by atoms with Crippen LogP contribution in [0.2, 0.25) is 5.02 Å². The molecule has 5 nitrogen and oxygen atoms in total. The van der Waals surface area contributed by atoms with E-state index in [1.54, 1.807) is 13.2 Å². The minimum Gasteiger partial charge on any atom is -0.365 e. The van der Waals surface area contributed by atoms with Gasteiger partial charge in [0.25, 0.3) is 0 Å². The van der Waals surface area contributed by atoms with E-state index in [-0.39, 0.29) is 5.91 Å². The summed E-state index contributed by atoms with van der Waals surface area (Å²) in [6, 6.07) is 3.73. The number of carbonyl (C=O) groups excluding carboxylic acids is 1. The number of hydrogen-bond acceptors (Lipinski definition) is 4. The highest BCUT2D eigenvalue weighted by atomic mass is 35.5. The number of piperazine rings is 1. The summed E-state index contributed by atoms with van der Waals surface area (Å²) in [5.74, 6) is 0.113. The van der Waals surface area contributed by atoms with Crippen LogP contribution in [0.3, 0.4) is 0 Å². The monoisotopic (exact) mass is 309 g/mol. The number of rotatable bonds is 1. The molecule has 2 heterocycles. The van der Waals surface area contributed by atoms with Gasteiger partial charge in [-0.25, -0.2) is 0 Å². The molecule has 0 aliphatic carbocycles. The zero-order valence-electron chi connectivity index (χ0n) is 12.6. The molecular formula is C15H20ClN3O2. The van der Waals surface area contributed by atoms with Crippen molar-refractivity contribution in [3.8, 4) is 0 Å². The normalized spacial score (nSPS) is 14.9. The maximum Gasteiger partial charge on any atom is 0.219 e. The average molecular weight is 310 g/mol. The van der Waals surface area contributed by atoms with Crippen LogP contribution in [-0.2, 0) is 4.79 Å². The number of aromatic nitrogens is 1. The second-order valence-electron chi connectivity index (χ2n) is 5.17. The SMILES string of the molecule is CC(=O)N1CCN(c2conc(C)c(C)cc(Cl)c2)CC1. The van der Waals surface area contributed by atoms with Crippen molar-refractivity contribution >= 4 is 23.2 Å². The Morgan fingerprint density at radius 1 is 1.24 bits per heavy atom. The van der Waals surface area contributed by atoms with Crippen LogP contribution in [0.4, 0.5) is 5.69 Å². The Bertz CT molecular complexity index is 576. The molecule has 1 aromatic heterocycles. The minimum atomic E-state index is 0.113. The van der Waals surface area contributed by atoms with Crippen molar-refractivity contribution in [3.05, 3.63) is 34.7 Å². The molecule has 0 atom stereocenters. The lowest BCUT2D eigenvalue weighted by Crippen LogP contribution is -2.48. The summed E-state index contributed by atoms with van der Waals surface area (Å²) in [6.45, 7) is 8.32. The lowest BCUT2D eigenvalue weighted by atomic mass is 10.2. The van der Waals surface area contributed by atoms with Gasteiger partial charge in [-0.05, 0) is 31.5 Å². The molecule has 21 heavy (non-hydrogen) atoms. The van der Waals surface area contributed by atoms with E-state index in [9.17, 15) is 4.79 Å². The summed E-state index contributed by atoms with van der Waals surface area (Å²) >= 11 is 6.26. The summed E-state index contributed by atoms with van der Waals surface area (Å²) in [4.78, 5) is 15.3. The van der Waals surface area contributed by atoms with Gasteiger partial charge in [-0.1, -0.05) is 16.8 Å². The molecule has 1 amide bonds.